The molecule has 1 aliphatic carbocycles. The number of rotatable bonds is 2. The minimum atomic E-state index is -0.00124. The second-order valence-electron chi connectivity index (χ2n) is 5.61. The zero-order chi connectivity index (χ0) is 12.3. The highest BCUT2D eigenvalue weighted by Crippen LogP contribution is 2.25. The standard InChI is InChI=1S/C13H24N2OS/c1-10-13(2,8-9-16-10)15-12(17)14-11-6-4-3-5-7-11/h10-11H,3-9H2,1-2H3,(H2,14,15,17). The largest absolute Gasteiger partial charge is 0.376 e. The number of hydrogen-bond acceptors (Lipinski definition) is 2. The topological polar surface area (TPSA) is 33.3 Å². The van der Waals surface area contributed by atoms with Gasteiger partial charge in [-0.05, 0) is 45.3 Å². The maximum absolute atomic E-state index is 5.61. The highest BCUT2D eigenvalue weighted by atomic mass is 32.1. The molecule has 1 aliphatic heterocycles. The van der Waals surface area contributed by atoms with Crippen molar-refractivity contribution in [2.24, 2.45) is 0 Å². The molecule has 2 fully saturated rings. The van der Waals surface area contributed by atoms with Crippen LogP contribution in [0.3, 0.4) is 0 Å². The van der Waals surface area contributed by atoms with Crippen LogP contribution in [0.25, 0.3) is 0 Å². The van der Waals surface area contributed by atoms with Crippen LogP contribution in [0.2, 0.25) is 0 Å². The molecule has 0 radical (unpaired) electrons. The van der Waals surface area contributed by atoms with Gasteiger partial charge in [0.05, 0.1) is 11.6 Å². The van der Waals surface area contributed by atoms with E-state index in [1.165, 1.54) is 32.1 Å². The predicted molar refractivity (Wildman–Crippen MR) is 74.2 cm³/mol. The molecular formula is C13H24N2OS. The van der Waals surface area contributed by atoms with Crippen LogP contribution in [-0.2, 0) is 4.74 Å². The summed E-state index contributed by atoms with van der Waals surface area (Å²) in [4.78, 5) is 0. The molecule has 2 atom stereocenters. The molecule has 2 aliphatic rings. The molecule has 4 heteroatoms. The Bertz CT molecular complexity index is 279. The van der Waals surface area contributed by atoms with Gasteiger partial charge in [0, 0.05) is 12.6 Å². The van der Waals surface area contributed by atoms with Crippen molar-refractivity contribution >= 4 is 17.3 Å². The fraction of sp³-hybridized carbons (Fsp3) is 0.923. The summed E-state index contributed by atoms with van der Waals surface area (Å²) in [6.07, 6.45) is 7.80. The molecule has 3 nitrogen and oxygen atoms in total. The zero-order valence-corrected chi connectivity index (χ0v) is 11.7. The lowest BCUT2D eigenvalue weighted by atomic mass is 9.94. The van der Waals surface area contributed by atoms with Crippen LogP contribution in [0.1, 0.15) is 52.4 Å². The van der Waals surface area contributed by atoms with Crippen molar-refractivity contribution in [3.63, 3.8) is 0 Å². The average Bonchev–Trinajstić information content (AvgIpc) is 2.60. The van der Waals surface area contributed by atoms with E-state index in [1.54, 1.807) is 0 Å². The van der Waals surface area contributed by atoms with Crippen LogP contribution in [0.15, 0.2) is 0 Å². The van der Waals surface area contributed by atoms with Gasteiger partial charge in [0.2, 0.25) is 0 Å². The lowest BCUT2D eigenvalue weighted by Gasteiger charge is -2.32. The van der Waals surface area contributed by atoms with Crippen molar-refractivity contribution in [2.75, 3.05) is 6.61 Å². The maximum atomic E-state index is 5.61. The van der Waals surface area contributed by atoms with Crippen molar-refractivity contribution in [3.05, 3.63) is 0 Å². The Balaban J connectivity index is 1.80. The van der Waals surface area contributed by atoms with E-state index >= 15 is 0 Å². The highest BCUT2D eigenvalue weighted by Gasteiger charge is 2.37. The highest BCUT2D eigenvalue weighted by molar-refractivity contribution is 7.80. The van der Waals surface area contributed by atoms with Crippen molar-refractivity contribution in [3.8, 4) is 0 Å². The monoisotopic (exact) mass is 256 g/mol. The smallest absolute Gasteiger partial charge is 0.167 e. The first-order valence-corrected chi connectivity index (χ1v) is 7.21. The van der Waals surface area contributed by atoms with Gasteiger partial charge < -0.3 is 15.4 Å². The number of hydrogen-bond donors (Lipinski definition) is 2. The summed E-state index contributed by atoms with van der Waals surface area (Å²) < 4.78 is 5.61. The van der Waals surface area contributed by atoms with E-state index in [1.807, 2.05) is 0 Å². The van der Waals surface area contributed by atoms with Crippen molar-refractivity contribution in [1.29, 1.82) is 0 Å². The van der Waals surface area contributed by atoms with Gasteiger partial charge in [-0.3, -0.25) is 0 Å². The molecule has 2 unspecified atom stereocenters. The van der Waals surface area contributed by atoms with Gasteiger partial charge >= 0.3 is 0 Å². The Morgan fingerprint density at radius 2 is 2.00 bits per heavy atom. The first kappa shape index (κ1) is 13.1. The maximum Gasteiger partial charge on any atom is 0.167 e. The van der Waals surface area contributed by atoms with Gasteiger partial charge in [0.1, 0.15) is 0 Å². The summed E-state index contributed by atoms with van der Waals surface area (Å²) >= 11 is 5.42. The Labute approximate surface area is 110 Å². The molecule has 0 spiro atoms. The SMILES string of the molecule is CC1OCCC1(C)NC(=S)NC1CCCCC1. The molecule has 98 valence electrons. The lowest BCUT2D eigenvalue weighted by molar-refractivity contribution is 0.0946. The molecule has 0 bridgehead atoms. The van der Waals surface area contributed by atoms with E-state index in [4.69, 9.17) is 17.0 Å². The number of ether oxygens (including phenoxy) is 1. The molecular weight excluding hydrogens is 232 g/mol. The van der Waals surface area contributed by atoms with Gasteiger partial charge in [-0.25, -0.2) is 0 Å². The Morgan fingerprint density at radius 3 is 2.59 bits per heavy atom. The summed E-state index contributed by atoms with van der Waals surface area (Å²) in [6.45, 7) is 5.14. The molecule has 2 N–H and O–H groups in total. The first-order chi connectivity index (χ1) is 8.10. The fourth-order valence-electron chi connectivity index (χ4n) is 2.73. The molecule has 17 heavy (non-hydrogen) atoms. The van der Waals surface area contributed by atoms with Crippen molar-refractivity contribution < 1.29 is 4.74 Å². The normalized spacial score (nSPS) is 34.6. The van der Waals surface area contributed by atoms with Crippen molar-refractivity contribution in [2.45, 2.75) is 70.1 Å². The zero-order valence-electron chi connectivity index (χ0n) is 10.9. The van der Waals surface area contributed by atoms with Crippen LogP contribution in [0.5, 0.6) is 0 Å². The molecule has 0 aromatic rings. The van der Waals surface area contributed by atoms with E-state index in [2.05, 4.69) is 24.5 Å². The summed E-state index contributed by atoms with van der Waals surface area (Å²) in [5.41, 5.74) is -0.00124. The second kappa shape index (κ2) is 5.53. The third kappa shape index (κ3) is 3.32. The molecule has 2 rings (SSSR count). The van der Waals surface area contributed by atoms with Gasteiger partial charge in [-0.2, -0.15) is 0 Å². The van der Waals surface area contributed by atoms with Crippen molar-refractivity contribution in [1.82, 2.24) is 10.6 Å². The van der Waals surface area contributed by atoms with E-state index in [9.17, 15) is 0 Å². The van der Waals surface area contributed by atoms with Gasteiger partial charge in [-0.1, -0.05) is 19.3 Å². The quantitative estimate of drug-likeness (QED) is 0.743. The Kier molecular flexibility index (Phi) is 4.26. The Hall–Kier alpha value is -0.350. The third-order valence-corrected chi connectivity index (χ3v) is 4.45. The summed E-state index contributed by atoms with van der Waals surface area (Å²) in [6, 6.07) is 0.574. The second-order valence-corrected chi connectivity index (χ2v) is 6.02. The van der Waals surface area contributed by atoms with Gasteiger partial charge in [0.25, 0.3) is 0 Å². The molecule has 1 saturated heterocycles. The first-order valence-electron chi connectivity index (χ1n) is 6.80. The summed E-state index contributed by atoms with van der Waals surface area (Å²) in [7, 11) is 0. The van der Waals surface area contributed by atoms with Gasteiger partial charge in [0.15, 0.2) is 5.11 Å². The number of thiocarbonyl (C=S) groups is 1. The van der Waals surface area contributed by atoms with Gasteiger partial charge in [-0.15, -0.1) is 0 Å². The lowest BCUT2D eigenvalue weighted by Crippen LogP contribution is -2.55. The predicted octanol–water partition coefficient (Wildman–Crippen LogP) is 2.35. The van der Waals surface area contributed by atoms with E-state index in [0.717, 1.165) is 18.1 Å². The van der Waals surface area contributed by atoms with Crippen LogP contribution in [0.4, 0.5) is 0 Å². The molecule has 1 heterocycles. The molecule has 0 aromatic carbocycles. The minimum Gasteiger partial charge on any atom is -0.376 e. The van der Waals surface area contributed by atoms with E-state index < -0.39 is 0 Å². The molecule has 0 aromatic heterocycles. The number of nitrogens with one attached hydrogen (secondary N) is 2. The Morgan fingerprint density at radius 1 is 1.29 bits per heavy atom. The van der Waals surface area contributed by atoms with E-state index in [0.29, 0.717) is 6.04 Å². The fourth-order valence-corrected chi connectivity index (χ4v) is 3.13. The van der Waals surface area contributed by atoms with Crippen LogP contribution in [0, 0.1) is 0 Å². The average molecular weight is 256 g/mol. The van der Waals surface area contributed by atoms with E-state index in [-0.39, 0.29) is 11.6 Å². The summed E-state index contributed by atoms with van der Waals surface area (Å²) in [5, 5.41) is 7.71. The van der Waals surface area contributed by atoms with Crippen LogP contribution < -0.4 is 10.6 Å². The molecule has 0 amide bonds. The van der Waals surface area contributed by atoms with Crippen LogP contribution >= 0.6 is 12.2 Å². The summed E-state index contributed by atoms with van der Waals surface area (Å²) in [5.74, 6) is 0. The molecule has 1 saturated carbocycles. The van der Waals surface area contributed by atoms with Crippen LogP contribution in [-0.4, -0.2) is 29.4 Å². The minimum absolute atomic E-state index is 0.00124. The third-order valence-electron chi connectivity index (χ3n) is 4.23.